The van der Waals surface area contributed by atoms with Gasteiger partial charge in [-0.05, 0) is 69.4 Å². The lowest BCUT2D eigenvalue weighted by Crippen LogP contribution is -2.32. The number of aromatic nitrogens is 1. The van der Waals surface area contributed by atoms with Crippen molar-refractivity contribution in [3.63, 3.8) is 0 Å². The number of hydrogen-bond acceptors (Lipinski definition) is 6. The van der Waals surface area contributed by atoms with E-state index < -0.39 is 4.92 Å². The van der Waals surface area contributed by atoms with Gasteiger partial charge in [-0.2, -0.15) is 0 Å². The molecule has 0 bridgehead atoms. The highest BCUT2D eigenvalue weighted by atomic mass is 35.5. The molecule has 0 N–H and O–H groups in total. The van der Waals surface area contributed by atoms with Crippen LogP contribution in [-0.2, 0) is 4.79 Å². The average Bonchev–Trinajstić information content (AvgIpc) is 3.15. The van der Waals surface area contributed by atoms with Crippen molar-refractivity contribution >= 4 is 56.8 Å². The molecule has 0 spiro atoms. The van der Waals surface area contributed by atoms with Gasteiger partial charge in [-0.1, -0.05) is 23.5 Å². The number of benzene rings is 2. The van der Waals surface area contributed by atoms with E-state index in [1.54, 1.807) is 23.1 Å². The number of nitrogens with zero attached hydrogens (tertiary/aromatic N) is 4. The van der Waals surface area contributed by atoms with E-state index in [0.717, 1.165) is 34.3 Å². The summed E-state index contributed by atoms with van der Waals surface area (Å²) in [6, 6.07) is 12.1. The molecular weight excluding hydrogens is 436 g/mol. The van der Waals surface area contributed by atoms with Gasteiger partial charge in [0.15, 0.2) is 5.13 Å². The van der Waals surface area contributed by atoms with Gasteiger partial charge >= 0.3 is 0 Å². The second-order valence-electron chi connectivity index (χ2n) is 7.25. The molecule has 0 fully saturated rings. The van der Waals surface area contributed by atoms with E-state index in [0.29, 0.717) is 11.7 Å². The zero-order chi connectivity index (χ0) is 21.7. The number of carbonyl (C=O) groups is 1. The Balaban J connectivity index is 0.00000341. The van der Waals surface area contributed by atoms with Crippen LogP contribution in [0.4, 0.5) is 10.8 Å². The SMILES string of the molecule is Cc1cccc2sc(N(CCCN(C)C)C(=O)/C=C/c3ccc([N+](=O)[O-])cc3)nc12.Cl. The van der Waals surface area contributed by atoms with Crippen molar-refractivity contribution in [1.29, 1.82) is 0 Å². The minimum absolute atomic E-state index is 0. The Kier molecular flexibility index (Phi) is 8.67. The maximum Gasteiger partial charge on any atom is 0.269 e. The Morgan fingerprint density at radius 3 is 2.48 bits per heavy atom. The van der Waals surface area contributed by atoms with Gasteiger partial charge in [-0.25, -0.2) is 4.98 Å². The predicted molar refractivity (Wildman–Crippen MR) is 129 cm³/mol. The van der Waals surface area contributed by atoms with Crippen molar-refractivity contribution in [2.45, 2.75) is 13.3 Å². The first kappa shape index (κ1) is 24.5. The molecular formula is C22H25ClN4O3S. The van der Waals surface area contributed by atoms with Crippen LogP contribution >= 0.6 is 23.7 Å². The van der Waals surface area contributed by atoms with Crippen LogP contribution in [0.3, 0.4) is 0 Å². The van der Waals surface area contributed by atoms with Crippen molar-refractivity contribution in [1.82, 2.24) is 9.88 Å². The minimum atomic E-state index is -0.444. The van der Waals surface area contributed by atoms with Crippen LogP contribution in [0.15, 0.2) is 48.5 Å². The van der Waals surface area contributed by atoms with E-state index in [9.17, 15) is 14.9 Å². The van der Waals surface area contributed by atoms with Crippen molar-refractivity contribution in [3.8, 4) is 0 Å². The zero-order valence-electron chi connectivity index (χ0n) is 17.6. The first-order valence-electron chi connectivity index (χ1n) is 9.60. The van der Waals surface area contributed by atoms with E-state index in [1.165, 1.54) is 29.5 Å². The number of amides is 1. The number of fused-ring (bicyclic) bond motifs is 1. The van der Waals surface area contributed by atoms with Crippen molar-refractivity contribution in [2.24, 2.45) is 0 Å². The normalized spacial score (nSPS) is 11.1. The highest BCUT2D eigenvalue weighted by molar-refractivity contribution is 7.22. The molecule has 3 rings (SSSR count). The van der Waals surface area contributed by atoms with Crippen molar-refractivity contribution in [2.75, 3.05) is 32.1 Å². The molecule has 0 unspecified atom stereocenters. The number of hydrogen-bond donors (Lipinski definition) is 0. The Bertz CT molecular complexity index is 1080. The van der Waals surface area contributed by atoms with Crippen LogP contribution in [0.25, 0.3) is 16.3 Å². The second-order valence-corrected chi connectivity index (χ2v) is 8.26. The van der Waals surface area contributed by atoms with E-state index >= 15 is 0 Å². The van der Waals surface area contributed by atoms with E-state index in [2.05, 4.69) is 4.90 Å². The molecule has 0 aliphatic carbocycles. The quantitative estimate of drug-likeness (QED) is 0.270. The van der Waals surface area contributed by atoms with Crippen molar-refractivity contribution in [3.05, 3.63) is 69.8 Å². The summed E-state index contributed by atoms with van der Waals surface area (Å²) in [5.41, 5.74) is 2.75. The molecule has 7 nitrogen and oxygen atoms in total. The van der Waals surface area contributed by atoms with Crippen LogP contribution in [-0.4, -0.2) is 47.9 Å². The molecule has 1 aromatic heterocycles. The Morgan fingerprint density at radius 2 is 1.87 bits per heavy atom. The van der Waals surface area contributed by atoms with Gasteiger partial charge in [0.05, 0.1) is 15.1 Å². The lowest BCUT2D eigenvalue weighted by Gasteiger charge is -2.19. The molecule has 0 aliphatic rings. The number of para-hydroxylation sites is 1. The Morgan fingerprint density at radius 1 is 1.16 bits per heavy atom. The topological polar surface area (TPSA) is 79.6 Å². The standard InChI is InChI=1S/C22H24N4O3S.ClH/c1-16-6-4-7-19-21(16)23-22(30-19)25(15-5-14-24(2)3)20(27)13-10-17-8-11-18(12-9-17)26(28)29;/h4,6-13H,5,14-15H2,1-3H3;1H/b13-10+;. The minimum Gasteiger partial charge on any atom is -0.309 e. The molecule has 0 saturated carbocycles. The number of nitro groups is 1. The monoisotopic (exact) mass is 460 g/mol. The molecule has 0 saturated heterocycles. The largest absolute Gasteiger partial charge is 0.309 e. The number of nitro benzene ring substituents is 1. The van der Waals surface area contributed by atoms with Crippen LogP contribution in [0.1, 0.15) is 17.5 Å². The van der Waals surface area contributed by atoms with Gasteiger partial charge in [0, 0.05) is 24.8 Å². The molecule has 9 heteroatoms. The summed E-state index contributed by atoms with van der Waals surface area (Å²) in [5, 5.41) is 11.5. The third kappa shape index (κ3) is 6.33. The van der Waals surface area contributed by atoms with Gasteiger partial charge in [0.2, 0.25) is 0 Å². The number of thiazole rings is 1. The van der Waals surface area contributed by atoms with Gasteiger partial charge in [-0.3, -0.25) is 19.8 Å². The summed E-state index contributed by atoms with van der Waals surface area (Å²) in [5.74, 6) is -0.163. The lowest BCUT2D eigenvalue weighted by molar-refractivity contribution is -0.384. The number of carbonyl (C=O) groups excluding carboxylic acids is 1. The first-order valence-corrected chi connectivity index (χ1v) is 10.4. The second kappa shape index (κ2) is 11.0. The van der Waals surface area contributed by atoms with Crippen LogP contribution in [0.5, 0.6) is 0 Å². The highest BCUT2D eigenvalue weighted by Crippen LogP contribution is 2.31. The molecule has 0 radical (unpaired) electrons. The summed E-state index contributed by atoms with van der Waals surface area (Å²) >= 11 is 1.51. The fourth-order valence-corrected chi connectivity index (χ4v) is 4.07. The van der Waals surface area contributed by atoms with Gasteiger partial charge in [0.25, 0.3) is 11.6 Å². The third-order valence-electron chi connectivity index (χ3n) is 4.62. The van der Waals surface area contributed by atoms with E-state index in [4.69, 9.17) is 4.98 Å². The summed E-state index contributed by atoms with van der Waals surface area (Å²) in [6.45, 7) is 3.43. The summed E-state index contributed by atoms with van der Waals surface area (Å²) in [4.78, 5) is 31.9. The van der Waals surface area contributed by atoms with Crippen LogP contribution < -0.4 is 4.90 Å². The molecule has 31 heavy (non-hydrogen) atoms. The maximum absolute atomic E-state index is 13.0. The molecule has 0 atom stereocenters. The first-order chi connectivity index (χ1) is 14.3. The zero-order valence-corrected chi connectivity index (χ0v) is 19.3. The Labute approximate surface area is 191 Å². The van der Waals surface area contributed by atoms with Gasteiger partial charge < -0.3 is 4.90 Å². The summed E-state index contributed by atoms with van der Waals surface area (Å²) in [6.07, 6.45) is 3.98. The lowest BCUT2D eigenvalue weighted by atomic mass is 10.2. The number of halogens is 1. The number of anilines is 1. The summed E-state index contributed by atoms with van der Waals surface area (Å²) < 4.78 is 1.05. The molecule has 0 aliphatic heterocycles. The van der Waals surface area contributed by atoms with E-state index in [-0.39, 0.29) is 24.0 Å². The fraction of sp³-hybridized carbons (Fsp3) is 0.273. The van der Waals surface area contributed by atoms with Crippen LogP contribution in [0.2, 0.25) is 0 Å². The number of rotatable bonds is 8. The Hall–Kier alpha value is -2.81. The molecule has 3 aromatic rings. The number of aryl methyl sites for hydroxylation is 1. The fourth-order valence-electron chi connectivity index (χ4n) is 3.00. The number of non-ortho nitro benzene ring substituents is 1. The molecule has 164 valence electrons. The smallest absolute Gasteiger partial charge is 0.269 e. The summed E-state index contributed by atoms with van der Waals surface area (Å²) in [7, 11) is 4.00. The predicted octanol–water partition coefficient (Wildman–Crippen LogP) is 4.93. The van der Waals surface area contributed by atoms with Gasteiger partial charge in [0.1, 0.15) is 0 Å². The van der Waals surface area contributed by atoms with E-state index in [1.807, 2.05) is 39.2 Å². The van der Waals surface area contributed by atoms with Gasteiger partial charge in [-0.15, -0.1) is 12.4 Å². The molecule has 2 aromatic carbocycles. The van der Waals surface area contributed by atoms with Crippen LogP contribution in [0, 0.1) is 17.0 Å². The maximum atomic E-state index is 13.0. The molecule has 1 heterocycles. The van der Waals surface area contributed by atoms with Crippen molar-refractivity contribution < 1.29 is 9.72 Å². The molecule has 1 amide bonds. The highest BCUT2D eigenvalue weighted by Gasteiger charge is 2.18. The third-order valence-corrected chi connectivity index (χ3v) is 5.66. The average molecular weight is 461 g/mol.